The summed E-state index contributed by atoms with van der Waals surface area (Å²) in [4.78, 5) is 11.4. The Labute approximate surface area is 106 Å². The van der Waals surface area contributed by atoms with Crippen LogP contribution in [0.2, 0.25) is 0 Å². The summed E-state index contributed by atoms with van der Waals surface area (Å²) < 4.78 is 0. The summed E-state index contributed by atoms with van der Waals surface area (Å²) in [5.74, 6) is 1.03. The van der Waals surface area contributed by atoms with Gasteiger partial charge in [-0.1, -0.05) is 27.7 Å². The van der Waals surface area contributed by atoms with Crippen molar-refractivity contribution in [3.8, 4) is 0 Å². The minimum absolute atomic E-state index is 0.124. The van der Waals surface area contributed by atoms with E-state index in [9.17, 15) is 4.79 Å². The molecule has 1 amide bonds. The normalized spacial score (nSPS) is 27.8. The van der Waals surface area contributed by atoms with Crippen molar-refractivity contribution >= 4 is 5.91 Å². The second-order valence-corrected chi connectivity index (χ2v) is 6.42. The summed E-state index contributed by atoms with van der Waals surface area (Å²) in [5, 5.41) is 3.23. The van der Waals surface area contributed by atoms with Crippen LogP contribution in [0.1, 0.15) is 53.4 Å². The summed E-state index contributed by atoms with van der Waals surface area (Å²) in [6, 6.07) is -0.124. The van der Waals surface area contributed by atoms with Crippen LogP contribution in [0.15, 0.2) is 0 Å². The average molecular weight is 240 g/mol. The third-order valence-electron chi connectivity index (χ3n) is 4.20. The van der Waals surface area contributed by atoms with Crippen molar-refractivity contribution in [2.75, 3.05) is 6.54 Å². The van der Waals surface area contributed by atoms with E-state index in [1.807, 2.05) is 6.92 Å². The number of nitrogens with one attached hydrogen (secondary N) is 1. The van der Waals surface area contributed by atoms with Crippen LogP contribution in [-0.4, -0.2) is 18.5 Å². The van der Waals surface area contributed by atoms with Crippen molar-refractivity contribution in [3.63, 3.8) is 0 Å². The van der Waals surface area contributed by atoms with Crippen molar-refractivity contribution in [3.05, 3.63) is 0 Å². The highest BCUT2D eigenvalue weighted by Crippen LogP contribution is 2.40. The largest absolute Gasteiger partial charge is 0.368 e. The number of rotatable bonds is 4. The van der Waals surface area contributed by atoms with E-state index in [1.54, 1.807) is 0 Å². The molecule has 3 heteroatoms. The van der Waals surface area contributed by atoms with Crippen LogP contribution in [0.4, 0.5) is 0 Å². The fraction of sp³-hybridized carbons (Fsp3) is 0.929. The second kappa shape index (κ2) is 5.85. The van der Waals surface area contributed by atoms with E-state index in [4.69, 9.17) is 5.73 Å². The molecule has 0 saturated heterocycles. The smallest absolute Gasteiger partial charge is 0.234 e. The minimum atomic E-state index is -0.189. The average Bonchev–Trinajstić information content (AvgIpc) is 2.24. The maximum Gasteiger partial charge on any atom is 0.234 e. The number of carbonyl (C=O) groups excluding carboxylic acids is 1. The van der Waals surface area contributed by atoms with Gasteiger partial charge in [0.2, 0.25) is 5.91 Å². The molecule has 3 N–H and O–H groups in total. The van der Waals surface area contributed by atoms with Crippen molar-refractivity contribution in [2.45, 2.75) is 59.4 Å². The van der Waals surface area contributed by atoms with Crippen LogP contribution >= 0.6 is 0 Å². The third kappa shape index (κ3) is 3.98. The van der Waals surface area contributed by atoms with Gasteiger partial charge in [0.1, 0.15) is 0 Å². The Bertz CT molecular complexity index is 249. The fourth-order valence-electron chi connectivity index (χ4n) is 3.04. The van der Waals surface area contributed by atoms with Crippen molar-refractivity contribution in [2.24, 2.45) is 23.0 Å². The number of likely N-dealkylation sites (N-methyl/N-ethyl adjacent to an activating group) is 1. The second-order valence-electron chi connectivity index (χ2n) is 6.42. The first-order chi connectivity index (χ1) is 7.86. The van der Waals surface area contributed by atoms with E-state index in [0.29, 0.717) is 11.3 Å². The fourth-order valence-corrected chi connectivity index (χ4v) is 3.04. The van der Waals surface area contributed by atoms with E-state index in [2.05, 4.69) is 26.1 Å². The zero-order valence-corrected chi connectivity index (χ0v) is 11.8. The molecule has 1 fully saturated rings. The van der Waals surface area contributed by atoms with Gasteiger partial charge in [0.05, 0.1) is 6.04 Å². The zero-order chi connectivity index (χ0) is 13.1. The molecule has 0 heterocycles. The molecule has 0 bridgehead atoms. The van der Waals surface area contributed by atoms with Gasteiger partial charge in [-0.2, -0.15) is 0 Å². The summed E-state index contributed by atoms with van der Waals surface area (Å²) >= 11 is 0. The van der Waals surface area contributed by atoms with Crippen LogP contribution in [0.3, 0.4) is 0 Å². The Morgan fingerprint density at radius 2 is 1.82 bits per heavy atom. The van der Waals surface area contributed by atoms with E-state index in [1.165, 1.54) is 12.8 Å². The van der Waals surface area contributed by atoms with E-state index >= 15 is 0 Å². The molecular formula is C14H28N2O. The molecular weight excluding hydrogens is 212 g/mol. The number of hydrogen-bond donors (Lipinski definition) is 2. The van der Waals surface area contributed by atoms with Gasteiger partial charge in [-0.05, 0) is 49.5 Å². The molecule has 0 aromatic rings. The molecule has 1 aliphatic carbocycles. The first kappa shape index (κ1) is 14.5. The molecule has 1 aliphatic rings. The number of nitrogens with two attached hydrogens (primary N) is 1. The van der Waals surface area contributed by atoms with Gasteiger partial charge in [-0.15, -0.1) is 0 Å². The highest BCUT2D eigenvalue weighted by molar-refractivity contribution is 5.80. The van der Waals surface area contributed by atoms with Crippen molar-refractivity contribution in [1.82, 2.24) is 5.32 Å². The first-order valence-electron chi connectivity index (χ1n) is 6.89. The molecule has 0 aliphatic heterocycles. The van der Waals surface area contributed by atoms with Crippen LogP contribution in [0.5, 0.6) is 0 Å². The molecule has 0 spiro atoms. The number of primary amides is 1. The lowest BCUT2D eigenvalue weighted by atomic mass is 9.68. The van der Waals surface area contributed by atoms with Crippen LogP contribution < -0.4 is 11.1 Å². The number of carbonyl (C=O) groups is 1. The highest BCUT2D eigenvalue weighted by Gasteiger charge is 2.34. The highest BCUT2D eigenvalue weighted by atomic mass is 16.1. The van der Waals surface area contributed by atoms with Gasteiger partial charge in [0, 0.05) is 0 Å². The zero-order valence-electron chi connectivity index (χ0n) is 11.8. The Balaban J connectivity index is 2.52. The lowest BCUT2D eigenvalue weighted by Gasteiger charge is -2.38. The van der Waals surface area contributed by atoms with Crippen molar-refractivity contribution < 1.29 is 4.79 Å². The van der Waals surface area contributed by atoms with Gasteiger partial charge >= 0.3 is 0 Å². The first-order valence-corrected chi connectivity index (χ1v) is 6.89. The molecule has 0 aromatic carbocycles. The van der Waals surface area contributed by atoms with Gasteiger partial charge in [0.15, 0.2) is 0 Å². The lowest BCUT2D eigenvalue weighted by molar-refractivity contribution is -0.121. The summed E-state index contributed by atoms with van der Waals surface area (Å²) in [7, 11) is 0. The Morgan fingerprint density at radius 1 is 1.29 bits per heavy atom. The standard InChI is InChI=1S/C14H28N2O/c1-5-16-12(13(15)17)10-6-8-11(9-7-10)14(2,3)4/h10-12,16H,5-9H2,1-4H3,(H2,15,17). The summed E-state index contributed by atoms with van der Waals surface area (Å²) in [6.07, 6.45) is 4.71. The van der Waals surface area contributed by atoms with Gasteiger partial charge in [-0.3, -0.25) is 4.79 Å². The predicted octanol–water partition coefficient (Wildman–Crippen LogP) is 2.30. The monoisotopic (exact) mass is 240 g/mol. The molecule has 0 aromatic heterocycles. The van der Waals surface area contributed by atoms with Crippen LogP contribution in [0, 0.1) is 17.3 Å². The Morgan fingerprint density at radius 3 is 2.18 bits per heavy atom. The predicted molar refractivity (Wildman–Crippen MR) is 71.6 cm³/mol. The minimum Gasteiger partial charge on any atom is -0.368 e. The molecule has 1 rings (SSSR count). The van der Waals surface area contributed by atoms with Gasteiger partial charge < -0.3 is 11.1 Å². The van der Waals surface area contributed by atoms with Crippen LogP contribution in [-0.2, 0) is 4.79 Å². The topological polar surface area (TPSA) is 55.1 Å². The summed E-state index contributed by atoms with van der Waals surface area (Å²) in [6.45, 7) is 9.78. The molecule has 0 radical (unpaired) electrons. The molecule has 1 unspecified atom stereocenters. The third-order valence-corrected chi connectivity index (χ3v) is 4.20. The van der Waals surface area contributed by atoms with Gasteiger partial charge in [0.25, 0.3) is 0 Å². The van der Waals surface area contributed by atoms with E-state index < -0.39 is 0 Å². The van der Waals surface area contributed by atoms with Crippen molar-refractivity contribution in [1.29, 1.82) is 0 Å². The SMILES string of the molecule is CCNC(C(N)=O)C1CCC(C(C)(C)C)CC1. The van der Waals surface area contributed by atoms with Crippen LogP contribution in [0.25, 0.3) is 0 Å². The van der Waals surface area contributed by atoms with E-state index in [-0.39, 0.29) is 11.9 Å². The molecule has 1 saturated carbocycles. The lowest BCUT2D eigenvalue weighted by Crippen LogP contribution is -2.48. The molecule has 17 heavy (non-hydrogen) atoms. The Hall–Kier alpha value is -0.570. The maximum absolute atomic E-state index is 11.4. The molecule has 100 valence electrons. The Kier molecular flexibility index (Phi) is 4.99. The number of hydrogen-bond acceptors (Lipinski definition) is 2. The molecule has 1 atom stereocenters. The summed E-state index contributed by atoms with van der Waals surface area (Å²) in [5.41, 5.74) is 5.87. The van der Waals surface area contributed by atoms with E-state index in [0.717, 1.165) is 25.3 Å². The molecule has 3 nitrogen and oxygen atoms in total. The quantitative estimate of drug-likeness (QED) is 0.792. The van der Waals surface area contributed by atoms with Gasteiger partial charge in [-0.25, -0.2) is 0 Å². The number of amides is 1. The maximum atomic E-state index is 11.4.